The average molecular weight is 249 g/mol. The van der Waals surface area contributed by atoms with E-state index >= 15 is 0 Å². The van der Waals surface area contributed by atoms with E-state index in [1.807, 2.05) is 12.1 Å². The van der Waals surface area contributed by atoms with Gasteiger partial charge in [-0.1, -0.05) is 12.1 Å². The highest BCUT2D eigenvalue weighted by atomic mass is 16.5. The first-order valence-electron chi connectivity index (χ1n) is 6.82. The van der Waals surface area contributed by atoms with Crippen LogP contribution in [0.2, 0.25) is 0 Å². The summed E-state index contributed by atoms with van der Waals surface area (Å²) in [6, 6.07) is 8.78. The molecule has 1 fully saturated rings. The van der Waals surface area contributed by atoms with Gasteiger partial charge in [-0.25, -0.2) is 0 Å². The third kappa shape index (κ3) is 4.00. The van der Waals surface area contributed by atoms with Crippen molar-refractivity contribution >= 4 is 0 Å². The molecule has 1 aliphatic rings. The van der Waals surface area contributed by atoms with Gasteiger partial charge in [0, 0.05) is 19.2 Å². The third-order valence-electron chi connectivity index (χ3n) is 3.29. The Kier molecular flexibility index (Phi) is 5.02. The molecule has 0 aliphatic heterocycles. The number of benzene rings is 1. The van der Waals surface area contributed by atoms with E-state index in [1.54, 1.807) is 0 Å². The molecule has 3 nitrogen and oxygen atoms in total. The molecule has 0 saturated heterocycles. The number of nitrogens with one attached hydrogen (secondary N) is 1. The quantitative estimate of drug-likeness (QED) is 0.753. The summed E-state index contributed by atoms with van der Waals surface area (Å²) in [6.45, 7) is 6.58. The summed E-state index contributed by atoms with van der Waals surface area (Å²) in [6.07, 6.45) is 2.75. The van der Waals surface area contributed by atoms with Crippen LogP contribution in [0.1, 0.15) is 25.3 Å². The van der Waals surface area contributed by atoms with E-state index in [4.69, 9.17) is 9.47 Å². The summed E-state index contributed by atoms with van der Waals surface area (Å²) in [5.41, 5.74) is 1.24. The first-order valence-corrected chi connectivity index (χ1v) is 6.82. The van der Waals surface area contributed by atoms with Gasteiger partial charge in [0.15, 0.2) is 0 Å². The Morgan fingerprint density at radius 1 is 1.33 bits per heavy atom. The second kappa shape index (κ2) is 6.76. The molecule has 2 rings (SSSR count). The third-order valence-corrected chi connectivity index (χ3v) is 3.29. The second-order valence-corrected chi connectivity index (χ2v) is 4.86. The number of hydrogen-bond donors (Lipinski definition) is 1. The van der Waals surface area contributed by atoms with Gasteiger partial charge < -0.3 is 14.8 Å². The van der Waals surface area contributed by atoms with Crippen LogP contribution in [0.3, 0.4) is 0 Å². The van der Waals surface area contributed by atoms with Gasteiger partial charge in [-0.2, -0.15) is 0 Å². The highest BCUT2D eigenvalue weighted by molar-refractivity contribution is 5.27. The van der Waals surface area contributed by atoms with Gasteiger partial charge >= 0.3 is 0 Å². The molecule has 0 aromatic heterocycles. The van der Waals surface area contributed by atoms with E-state index in [2.05, 4.69) is 31.3 Å². The molecule has 1 aliphatic carbocycles. The van der Waals surface area contributed by atoms with Crippen LogP contribution in [0.4, 0.5) is 0 Å². The van der Waals surface area contributed by atoms with E-state index in [0.29, 0.717) is 12.1 Å². The summed E-state index contributed by atoms with van der Waals surface area (Å²) >= 11 is 0. The van der Waals surface area contributed by atoms with Gasteiger partial charge in [-0.05, 0) is 44.4 Å². The maximum absolute atomic E-state index is 5.69. The molecule has 100 valence electrons. The van der Waals surface area contributed by atoms with Gasteiger partial charge in [0.2, 0.25) is 0 Å². The first-order chi connectivity index (χ1) is 8.78. The summed E-state index contributed by atoms with van der Waals surface area (Å²) in [4.78, 5) is 0. The molecule has 0 atom stereocenters. The molecule has 18 heavy (non-hydrogen) atoms. The maximum Gasteiger partial charge on any atom is 0.119 e. The van der Waals surface area contributed by atoms with E-state index in [0.717, 1.165) is 38.3 Å². The summed E-state index contributed by atoms with van der Waals surface area (Å²) in [5.74, 6) is 0.956. The van der Waals surface area contributed by atoms with Gasteiger partial charge in [0.1, 0.15) is 12.4 Å². The van der Waals surface area contributed by atoms with Crippen molar-refractivity contribution in [1.29, 1.82) is 0 Å². The van der Waals surface area contributed by atoms with Crippen molar-refractivity contribution in [3.63, 3.8) is 0 Å². The molecule has 1 aromatic rings. The Morgan fingerprint density at radius 3 is 2.89 bits per heavy atom. The minimum Gasteiger partial charge on any atom is -0.492 e. The topological polar surface area (TPSA) is 30.5 Å². The van der Waals surface area contributed by atoms with Crippen LogP contribution in [-0.4, -0.2) is 31.9 Å². The van der Waals surface area contributed by atoms with Crippen LogP contribution in [0.25, 0.3) is 0 Å². The van der Waals surface area contributed by atoms with Crippen LogP contribution >= 0.6 is 0 Å². The second-order valence-electron chi connectivity index (χ2n) is 4.86. The van der Waals surface area contributed by atoms with Crippen LogP contribution < -0.4 is 10.1 Å². The van der Waals surface area contributed by atoms with Crippen molar-refractivity contribution in [3.05, 3.63) is 29.8 Å². The number of rotatable bonds is 7. The summed E-state index contributed by atoms with van der Waals surface area (Å²) < 4.78 is 11.2. The average Bonchev–Trinajstić information content (AvgIpc) is 2.31. The number of aryl methyl sites for hydroxylation is 1. The number of ether oxygens (including phenoxy) is 2. The maximum atomic E-state index is 5.69. The molecule has 0 bridgehead atoms. The zero-order valence-electron chi connectivity index (χ0n) is 11.3. The lowest BCUT2D eigenvalue weighted by molar-refractivity contribution is -0.0103. The van der Waals surface area contributed by atoms with E-state index in [-0.39, 0.29) is 0 Å². The zero-order chi connectivity index (χ0) is 12.8. The van der Waals surface area contributed by atoms with Crippen LogP contribution in [0.5, 0.6) is 5.75 Å². The SMILES string of the molecule is CCOC1CC(NCCOc2cccc(C)c2)C1. The lowest BCUT2D eigenvalue weighted by Crippen LogP contribution is -2.46. The van der Waals surface area contributed by atoms with E-state index in [9.17, 15) is 0 Å². The Bertz CT molecular complexity index is 361. The molecule has 1 aromatic carbocycles. The molecule has 0 spiro atoms. The minimum atomic E-state index is 0.477. The monoisotopic (exact) mass is 249 g/mol. The fraction of sp³-hybridized carbons (Fsp3) is 0.600. The highest BCUT2D eigenvalue weighted by Crippen LogP contribution is 2.22. The predicted octanol–water partition coefficient (Wildman–Crippen LogP) is 2.53. The van der Waals surface area contributed by atoms with Crippen molar-refractivity contribution in [2.45, 2.75) is 38.8 Å². The molecular formula is C15H23NO2. The molecule has 0 amide bonds. The van der Waals surface area contributed by atoms with Crippen molar-refractivity contribution in [1.82, 2.24) is 5.32 Å². The standard InChI is InChI=1S/C15H23NO2/c1-3-17-15-10-13(11-15)16-7-8-18-14-6-4-5-12(2)9-14/h4-6,9,13,15-16H,3,7-8,10-11H2,1-2H3. The lowest BCUT2D eigenvalue weighted by Gasteiger charge is -2.35. The molecule has 1 N–H and O–H groups in total. The van der Waals surface area contributed by atoms with Crippen molar-refractivity contribution in [3.8, 4) is 5.75 Å². The largest absolute Gasteiger partial charge is 0.492 e. The van der Waals surface area contributed by atoms with E-state index < -0.39 is 0 Å². The van der Waals surface area contributed by atoms with Crippen LogP contribution in [0, 0.1) is 6.92 Å². The summed E-state index contributed by atoms with van der Waals surface area (Å²) in [7, 11) is 0. The van der Waals surface area contributed by atoms with Gasteiger partial charge in [-0.3, -0.25) is 0 Å². The Labute approximate surface area is 109 Å². The predicted molar refractivity (Wildman–Crippen MR) is 73.1 cm³/mol. The van der Waals surface area contributed by atoms with Crippen molar-refractivity contribution in [2.75, 3.05) is 19.8 Å². The van der Waals surface area contributed by atoms with Crippen molar-refractivity contribution in [2.24, 2.45) is 0 Å². The summed E-state index contributed by atoms with van der Waals surface area (Å²) in [5, 5.41) is 3.49. The fourth-order valence-corrected chi connectivity index (χ4v) is 2.24. The Balaban J connectivity index is 1.55. The van der Waals surface area contributed by atoms with Crippen molar-refractivity contribution < 1.29 is 9.47 Å². The van der Waals surface area contributed by atoms with E-state index in [1.165, 1.54) is 5.56 Å². The fourth-order valence-electron chi connectivity index (χ4n) is 2.24. The zero-order valence-corrected chi connectivity index (χ0v) is 11.3. The molecule has 1 saturated carbocycles. The van der Waals surface area contributed by atoms with Gasteiger partial charge in [0.25, 0.3) is 0 Å². The van der Waals surface area contributed by atoms with Crippen LogP contribution in [0.15, 0.2) is 24.3 Å². The number of hydrogen-bond acceptors (Lipinski definition) is 3. The first kappa shape index (κ1) is 13.4. The smallest absolute Gasteiger partial charge is 0.119 e. The Hall–Kier alpha value is -1.06. The van der Waals surface area contributed by atoms with Gasteiger partial charge in [-0.15, -0.1) is 0 Å². The van der Waals surface area contributed by atoms with Crippen LogP contribution in [-0.2, 0) is 4.74 Å². The van der Waals surface area contributed by atoms with Gasteiger partial charge in [0.05, 0.1) is 6.10 Å². The Morgan fingerprint density at radius 2 is 2.17 bits per heavy atom. The molecular weight excluding hydrogens is 226 g/mol. The normalized spacial score (nSPS) is 22.6. The lowest BCUT2D eigenvalue weighted by atomic mass is 9.89. The molecule has 0 unspecified atom stereocenters. The molecule has 0 radical (unpaired) electrons. The molecule has 0 heterocycles. The molecule has 3 heteroatoms. The minimum absolute atomic E-state index is 0.477. The highest BCUT2D eigenvalue weighted by Gasteiger charge is 2.28.